The fraction of sp³-hybridized carbons (Fsp3) is 0.846. The average Bonchev–Trinajstić information content (AvgIpc) is 3.42. The number of unbranched alkanes of at least 4 members (excludes halogenated alkanes) is 35. The molecule has 0 aromatic carbocycles. The summed E-state index contributed by atoms with van der Waals surface area (Å²) in [6.07, 6.45) is 51.2. The highest BCUT2D eigenvalue weighted by Crippen LogP contribution is 2.27. The lowest BCUT2D eigenvalue weighted by molar-refractivity contribution is -0.301. The molecule has 6 atom stereocenters. The summed E-state index contributed by atoms with van der Waals surface area (Å²) in [6, 6.07) is 0. The minimum atomic E-state index is -1.90. The molecule has 1 fully saturated rings. The summed E-state index contributed by atoms with van der Waals surface area (Å²) in [4.78, 5) is 51.2. The molecule has 0 aromatic heterocycles. The number of hydrogen-bond acceptors (Lipinski definition) is 11. The van der Waals surface area contributed by atoms with Gasteiger partial charge in [-0.25, -0.2) is 4.79 Å². The summed E-state index contributed by atoms with van der Waals surface area (Å²) in [6.45, 7) is 5.97. The summed E-state index contributed by atoms with van der Waals surface area (Å²) in [5.41, 5.74) is 0. The van der Waals surface area contributed by atoms with E-state index in [4.69, 9.17) is 23.7 Å². The van der Waals surface area contributed by atoms with Crippen molar-refractivity contribution in [2.75, 3.05) is 13.2 Å². The van der Waals surface area contributed by atoms with Crippen LogP contribution in [0.3, 0.4) is 0 Å². The predicted molar refractivity (Wildman–Crippen MR) is 313 cm³/mol. The third-order valence-electron chi connectivity index (χ3n) is 14.7. The molecule has 0 radical (unpaired) electrons. The minimum Gasteiger partial charge on any atom is -0.479 e. The molecule has 12 nitrogen and oxygen atoms in total. The second-order valence-electron chi connectivity index (χ2n) is 22.0. The molecule has 0 aromatic rings. The first-order valence-electron chi connectivity index (χ1n) is 32.0. The molecule has 0 spiro atoms. The topological polar surface area (TPSA) is 175 Å². The number of carbonyl (C=O) groups is 4. The first-order valence-corrected chi connectivity index (χ1v) is 32.0. The zero-order chi connectivity index (χ0) is 56.1. The number of carboxylic acid groups (broad SMARTS) is 1. The Kier molecular flexibility index (Phi) is 50.1. The van der Waals surface area contributed by atoms with E-state index >= 15 is 0 Å². The highest BCUT2D eigenvalue weighted by molar-refractivity contribution is 5.74. The summed E-state index contributed by atoms with van der Waals surface area (Å²) < 4.78 is 28.5. The normalized spacial score (nSPS) is 18.2. The van der Waals surface area contributed by atoms with Gasteiger partial charge in [0.2, 0.25) is 0 Å². The van der Waals surface area contributed by atoms with Crippen LogP contribution in [0.25, 0.3) is 0 Å². The molecule has 1 rings (SSSR count). The zero-order valence-electron chi connectivity index (χ0n) is 49.5. The van der Waals surface area contributed by atoms with Crippen molar-refractivity contribution in [3.8, 4) is 0 Å². The van der Waals surface area contributed by atoms with E-state index in [0.29, 0.717) is 19.3 Å². The molecular weight excluding hydrogens is 973 g/mol. The number of aliphatic carboxylic acids is 1. The summed E-state index contributed by atoms with van der Waals surface area (Å²) in [7, 11) is 0. The van der Waals surface area contributed by atoms with E-state index in [1.54, 1.807) is 0 Å². The quantitative estimate of drug-likeness (QED) is 0.0228. The second-order valence-corrected chi connectivity index (χ2v) is 22.0. The Bertz CT molecular complexity index is 1480. The molecule has 0 bridgehead atoms. The number of carboxylic acids is 1. The maximum Gasteiger partial charge on any atom is 0.335 e. The predicted octanol–water partition coefficient (Wildman–Crippen LogP) is 16.8. The van der Waals surface area contributed by atoms with Crippen LogP contribution < -0.4 is 0 Å². The van der Waals surface area contributed by atoms with E-state index in [1.165, 1.54) is 154 Å². The summed E-state index contributed by atoms with van der Waals surface area (Å²) >= 11 is 0. The van der Waals surface area contributed by atoms with Crippen LogP contribution in [0.4, 0.5) is 0 Å². The molecule has 6 unspecified atom stereocenters. The van der Waals surface area contributed by atoms with Gasteiger partial charge in [-0.3, -0.25) is 14.4 Å². The van der Waals surface area contributed by atoms with Crippen molar-refractivity contribution in [2.24, 2.45) is 0 Å². The van der Waals surface area contributed by atoms with E-state index in [2.05, 4.69) is 57.2 Å². The third kappa shape index (κ3) is 43.4. The van der Waals surface area contributed by atoms with Crippen molar-refractivity contribution < 1.29 is 58.2 Å². The number of carbonyl (C=O) groups excluding carboxylic acids is 3. The molecule has 0 aliphatic carbocycles. The van der Waals surface area contributed by atoms with Gasteiger partial charge in [0, 0.05) is 19.3 Å². The Morgan fingerprint density at radius 2 is 0.753 bits per heavy atom. The number of rotatable bonds is 55. The number of allylic oxidation sites excluding steroid dienone is 6. The van der Waals surface area contributed by atoms with E-state index in [0.717, 1.165) is 89.9 Å². The number of esters is 3. The van der Waals surface area contributed by atoms with Gasteiger partial charge in [-0.15, -0.1) is 0 Å². The molecule has 1 heterocycles. The Balaban J connectivity index is 2.64. The summed E-state index contributed by atoms with van der Waals surface area (Å²) in [5, 5.41) is 31.5. The highest BCUT2D eigenvalue weighted by Gasteiger charge is 2.50. The highest BCUT2D eigenvalue weighted by atomic mass is 16.7. The van der Waals surface area contributed by atoms with Gasteiger partial charge in [0.15, 0.2) is 24.6 Å². The van der Waals surface area contributed by atoms with Crippen LogP contribution in [0.1, 0.15) is 303 Å². The molecule has 0 amide bonds. The van der Waals surface area contributed by atoms with Crippen molar-refractivity contribution in [2.45, 2.75) is 340 Å². The molecule has 77 heavy (non-hydrogen) atoms. The average molecular weight is 1090 g/mol. The van der Waals surface area contributed by atoms with Crippen LogP contribution in [-0.2, 0) is 42.9 Å². The fourth-order valence-corrected chi connectivity index (χ4v) is 9.69. The lowest BCUT2D eigenvalue weighted by atomic mass is 9.98. The fourth-order valence-electron chi connectivity index (χ4n) is 9.69. The molecular formula is C65H116O12. The van der Waals surface area contributed by atoms with Crippen LogP contribution in [0.2, 0.25) is 0 Å². The van der Waals surface area contributed by atoms with Gasteiger partial charge in [0.05, 0.1) is 6.61 Å². The van der Waals surface area contributed by atoms with Gasteiger partial charge in [-0.2, -0.15) is 0 Å². The lowest BCUT2D eigenvalue weighted by Gasteiger charge is -2.40. The minimum absolute atomic E-state index is 0.0518. The van der Waals surface area contributed by atoms with E-state index in [1.807, 2.05) is 0 Å². The molecule has 1 aliphatic heterocycles. The maximum atomic E-state index is 13.2. The van der Waals surface area contributed by atoms with Gasteiger partial charge in [-0.1, -0.05) is 231 Å². The van der Waals surface area contributed by atoms with Gasteiger partial charge < -0.3 is 39.0 Å². The largest absolute Gasteiger partial charge is 0.479 e. The molecule has 3 N–H and O–H groups in total. The third-order valence-corrected chi connectivity index (χ3v) is 14.7. The first kappa shape index (κ1) is 72.0. The smallest absolute Gasteiger partial charge is 0.335 e. The molecule has 1 aliphatic rings. The van der Waals surface area contributed by atoms with Gasteiger partial charge in [0.1, 0.15) is 18.8 Å². The van der Waals surface area contributed by atoms with Gasteiger partial charge in [0.25, 0.3) is 0 Å². The van der Waals surface area contributed by atoms with E-state index < -0.39 is 67.3 Å². The molecule has 0 saturated carbocycles. The van der Waals surface area contributed by atoms with Gasteiger partial charge >= 0.3 is 23.9 Å². The van der Waals surface area contributed by atoms with E-state index in [9.17, 15) is 34.5 Å². The molecule has 1 saturated heterocycles. The van der Waals surface area contributed by atoms with Crippen LogP contribution in [0.5, 0.6) is 0 Å². The Morgan fingerprint density at radius 3 is 1.14 bits per heavy atom. The van der Waals surface area contributed by atoms with Crippen LogP contribution >= 0.6 is 0 Å². The first-order chi connectivity index (χ1) is 37.6. The monoisotopic (exact) mass is 1090 g/mol. The van der Waals surface area contributed by atoms with Crippen LogP contribution in [0.15, 0.2) is 36.5 Å². The van der Waals surface area contributed by atoms with Crippen LogP contribution in [-0.4, -0.2) is 89.2 Å². The second kappa shape index (κ2) is 53.6. The Labute approximate surface area is 470 Å². The number of hydrogen-bond donors (Lipinski definition) is 3. The SMILES string of the molecule is CCCC/C=C\CCCCCCCC(=O)OC1C(OCC(COC(=O)CCCCCCCCCCC/C=C\CCCCCCCC)OC(=O)CCCCCCCCC/C=C\CCCCCCCC)OC(C(=O)O)C(O)C1O. The van der Waals surface area contributed by atoms with Crippen molar-refractivity contribution in [3.63, 3.8) is 0 Å². The maximum absolute atomic E-state index is 13.2. The lowest BCUT2D eigenvalue weighted by Crippen LogP contribution is -2.61. The van der Waals surface area contributed by atoms with Crippen LogP contribution in [0, 0.1) is 0 Å². The van der Waals surface area contributed by atoms with Gasteiger partial charge in [-0.05, 0) is 89.9 Å². The van der Waals surface area contributed by atoms with Crippen molar-refractivity contribution in [1.29, 1.82) is 0 Å². The summed E-state index contributed by atoms with van der Waals surface area (Å²) in [5.74, 6) is -3.11. The van der Waals surface area contributed by atoms with Crippen molar-refractivity contribution in [1.82, 2.24) is 0 Å². The number of aliphatic hydroxyl groups excluding tert-OH is 2. The molecule has 12 heteroatoms. The molecule has 448 valence electrons. The zero-order valence-corrected chi connectivity index (χ0v) is 49.5. The Hall–Kier alpha value is -3.06. The Morgan fingerprint density at radius 1 is 0.416 bits per heavy atom. The standard InChI is InChI=1S/C65H116O12/c1-4-7-10-13-16-19-22-24-26-28-29-31-32-34-37-39-42-45-48-51-57(66)73-54-56(75-58(67)52-49-46-43-41-38-35-33-30-27-25-23-20-17-14-11-8-5-2)55-74-65-63(61(70)60(69)62(77-65)64(71)72)76-59(68)53-50-47-44-40-36-21-18-15-12-9-6-3/h15,18,24-27,56,60-63,65,69-70H,4-14,16-17,19-23,28-55H2,1-3H3,(H,71,72)/b18-15-,26-24-,27-25-. The van der Waals surface area contributed by atoms with E-state index in [-0.39, 0.29) is 25.9 Å². The number of aliphatic hydroxyl groups is 2. The number of ether oxygens (including phenoxy) is 5. The van der Waals surface area contributed by atoms with Crippen molar-refractivity contribution in [3.05, 3.63) is 36.5 Å². The van der Waals surface area contributed by atoms with Crippen molar-refractivity contribution >= 4 is 23.9 Å².